The zero-order valence-electron chi connectivity index (χ0n) is 16.1. The van der Waals surface area contributed by atoms with Gasteiger partial charge in [-0.25, -0.2) is 9.78 Å². The second-order valence-electron chi connectivity index (χ2n) is 6.78. The van der Waals surface area contributed by atoms with Gasteiger partial charge in [0.2, 0.25) is 5.91 Å². The monoisotopic (exact) mass is 382 g/mol. The van der Waals surface area contributed by atoms with Gasteiger partial charge in [0, 0.05) is 38.8 Å². The predicted octanol–water partition coefficient (Wildman–Crippen LogP) is 1.10. The summed E-state index contributed by atoms with van der Waals surface area (Å²) in [5.41, 5.74) is 0.974. The largest absolute Gasteiger partial charge is 0.467 e. The van der Waals surface area contributed by atoms with Crippen LogP contribution in [-0.4, -0.2) is 67.6 Å². The molecular formula is C21H26N4O3. The number of aromatic nitrogens is 1. The SMILES string of the molecule is COC(=O)[C@H](Cc1ccccc1)NC(=O)CN1CCN(c2ccccn2)CC1. The molecule has 1 fully saturated rings. The summed E-state index contributed by atoms with van der Waals surface area (Å²) in [6.07, 6.45) is 2.20. The van der Waals surface area contributed by atoms with E-state index in [1.54, 1.807) is 6.20 Å². The van der Waals surface area contributed by atoms with Crippen LogP contribution in [-0.2, 0) is 20.7 Å². The number of piperazine rings is 1. The molecule has 1 N–H and O–H groups in total. The van der Waals surface area contributed by atoms with E-state index in [2.05, 4.69) is 20.1 Å². The zero-order chi connectivity index (χ0) is 19.8. The fourth-order valence-electron chi connectivity index (χ4n) is 3.30. The number of carbonyl (C=O) groups is 2. The van der Waals surface area contributed by atoms with Gasteiger partial charge in [0.05, 0.1) is 13.7 Å². The fraction of sp³-hybridized carbons (Fsp3) is 0.381. The maximum absolute atomic E-state index is 12.5. The molecular weight excluding hydrogens is 356 g/mol. The third-order valence-electron chi connectivity index (χ3n) is 4.82. The number of amides is 1. The standard InChI is InChI=1S/C21H26N4O3/c1-28-21(27)18(15-17-7-3-2-4-8-17)23-20(26)16-24-11-13-25(14-12-24)19-9-5-6-10-22-19/h2-10,18H,11-16H2,1H3,(H,23,26)/t18-/m0/s1. The molecule has 2 aromatic rings. The molecule has 0 aliphatic carbocycles. The molecule has 1 saturated heterocycles. The molecule has 1 aromatic carbocycles. The summed E-state index contributed by atoms with van der Waals surface area (Å²) in [5.74, 6) is 0.356. The molecule has 7 heteroatoms. The number of nitrogens with zero attached hydrogens (tertiary/aromatic N) is 3. The fourth-order valence-corrected chi connectivity index (χ4v) is 3.30. The average molecular weight is 382 g/mol. The highest BCUT2D eigenvalue weighted by Gasteiger charge is 2.24. The minimum absolute atomic E-state index is 0.169. The summed E-state index contributed by atoms with van der Waals surface area (Å²) in [5, 5.41) is 2.83. The molecule has 1 atom stereocenters. The Morgan fingerprint density at radius 3 is 2.43 bits per heavy atom. The number of hydrogen-bond acceptors (Lipinski definition) is 6. The van der Waals surface area contributed by atoms with Crippen LogP contribution in [0, 0.1) is 0 Å². The summed E-state index contributed by atoms with van der Waals surface area (Å²) in [4.78, 5) is 33.2. The highest BCUT2D eigenvalue weighted by molar-refractivity contribution is 5.85. The van der Waals surface area contributed by atoms with E-state index in [-0.39, 0.29) is 12.5 Å². The molecule has 1 aliphatic rings. The smallest absolute Gasteiger partial charge is 0.328 e. The van der Waals surface area contributed by atoms with Crippen molar-refractivity contribution in [3.8, 4) is 0 Å². The van der Waals surface area contributed by atoms with Crippen molar-refractivity contribution in [2.24, 2.45) is 0 Å². The predicted molar refractivity (Wildman–Crippen MR) is 107 cm³/mol. The van der Waals surface area contributed by atoms with Gasteiger partial charge in [-0.15, -0.1) is 0 Å². The Hall–Kier alpha value is -2.93. The number of benzene rings is 1. The van der Waals surface area contributed by atoms with Crippen molar-refractivity contribution in [1.82, 2.24) is 15.2 Å². The van der Waals surface area contributed by atoms with E-state index < -0.39 is 12.0 Å². The minimum Gasteiger partial charge on any atom is -0.467 e. The molecule has 0 saturated carbocycles. The van der Waals surface area contributed by atoms with Gasteiger partial charge in [-0.3, -0.25) is 9.69 Å². The van der Waals surface area contributed by atoms with Crippen LogP contribution in [0.3, 0.4) is 0 Å². The number of carbonyl (C=O) groups excluding carboxylic acids is 2. The summed E-state index contributed by atoms with van der Waals surface area (Å²) >= 11 is 0. The number of rotatable bonds is 7. The lowest BCUT2D eigenvalue weighted by molar-refractivity contribution is -0.145. The lowest BCUT2D eigenvalue weighted by Crippen LogP contribution is -2.52. The molecule has 0 bridgehead atoms. The second kappa shape index (κ2) is 9.85. The maximum Gasteiger partial charge on any atom is 0.328 e. The molecule has 1 aliphatic heterocycles. The number of pyridine rings is 1. The van der Waals surface area contributed by atoms with E-state index in [9.17, 15) is 9.59 Å². The van der Waals surface area contributed by atoms with Gasteiger partial charge in [-0.2, -0.15) is 0 Å². The number of methoxy groups -OCH3 is 1. The Balaban J connectivity index is 1.50. The van der Waals surface area contributed by atoms with E-state index >= 15 is 0 Å². The van der Waals surface area contributed by atoms with Crippen LogP contribution < -0.4 is 10.2 Å². The van der Waals surface area contributed by atoms with Crippen LogP contribution in [0.2, 0.25) is 0 Å². The minimum atomic E-state index is -0.685. The van der Waals surface area contributed by atoms with Crippen molar-refractivity contribution >= 4 is 17.7 Å². The Morgan fingerprint density at radius 1 is 1.07 bits per heavy atom. The van der Waals surface area contributed by atoms with E-state index in [1.165, 1.54) is 7.11 Å². The van der Waals surface area contributed by atoms with E-state index in [0.29, 0.717) is 6.42 Å². The summed E-state index contributed by atoms with van der Waals surface area (Å²) < 4.78 is 4.86. The second-order valence-corrected chi connectivity index (χ2v) is 6.78. The molecule has 28 heavy (non-hydrogen) atoms. The van der Waals surface area contributed by atoms with Crippen LogP contribution in [0.5, 0.6) is 0 Å². The molecule has 148 valence electrons. The highest BCUT2D eigenvalue weighted by Crippen LogP contribution is 2.12. The van der Waals surface area contributed by atoms with E-state index in [0.717, 1.165) is 37.6 Å². The zero-order valence-corrected chi connectivity index (χ0v) is 16.1. The molecule has 2 heterocycles. The third-order valence-corrected chi connectivity index (χ3v) is 4.82. The van der Waals surface area contributed by atoms with Crippen molar-refractivity contribution in [1.29, 1.82) is 0 Å². The molecule has 7 nitrogen and oxygen atoms in total. The Morgan fingerprint density at radius 2 is 1.79 bits per heavy atom. The number of anilines is 1. The molecule has 3 rings (SSSR count). The van der Waals surface area contributed by atoms with Crippen LogP contribution in [0.4, 0.5) is 5.82 Å². The number of nitrogens with one attached hydrogen (secondary N) is 1. The van der Waals surface area contributed by atoms with Crippen molar-refractivity contribution in [3.05, 3.63) is 60.3 Å². The first-order valence-corrected chi connectivity index (χ1v) is 9.45. The Bertz CT molecular complexity index is 762. The summed E-state index contributed by atoms with van der Waals surface area (Å²) in [7, 11) is 1.34. The lowest BCUT2D eigenvalue weighted by Gasteiger charge is -2.35. The molecule has 0 radical (unpaired) electrons. The average Bonchev–Trinajstić information content (AvgIpc) is 2.74. The first-order chi connectivity index (χ1) is 13.7. The maximum atomic E-state index is 12.5. The van der Waals surface area contributed by atoms with Crippen molar-refractivity contribution in [3.63, 3.8) is 0 Å². The van der Waals surface area contributed by atoms with Gasteiger partial charge < -0.3 is 15.0 Å². The van der Waals surface area contributed by atoms with Crippen LogP contribution in [0.1, 0.15) is 5.56 Å². The first kappa shape index (κ1) is 19.8. The van der Waals surface area contributed by atoms with Crippen molar-refractivity contribution in [2.75, 3.05) is 44.7 Å². The van der Waals surface area contributed by atoms with E-state index in [4.69, 9.17) is 4.74 Å². The van der Waals surface area contributed by atoms with Crippen molar-refractivity contribution in [2.45, 2.75) is 12.5 Å². The number of ether oxygens (including phenoxy) is 1. The molecule has 0 spiro atoms. The van der Waals surface area contributed by atoms with Gasteiger partial charge in [-0.05, 0) is 17.7 Å². The normalized spacial score (nSPS) is 15.7. The van der Waals surface area contributed by atoms with Gasteiger partial charge in [-0.1, -0.05) is 36.4 Å². The highest BCUT2D eigenvalue weighted by atomic mass is 16.5. The van der Waals surface area contributed by atoms with Crippen molar-refractivity contribution < 1.29 is 14.3 Å². The Kier molecular flexibility index (Phi) is 6.97. The van der Waals surface area contributed by atoms with Gasteiger partial charge in [0.25, 0.3) is 0 Å². The third kappa shape index (κ3) is 5.53. The van der Waals surface area contributed by atoms with Gasteiger partial charge in [0.1, 0.15) is 11.9 Å². The number of hydrogen-bond donors (Lipinski definition) is 1. The van der Waals surface area contributed by atoms with Gasteiger partial charge in [0.15, 0.2) is 0 Å². The molecule has 1 amide bonds. The molecule has 1 aromatic heterocycles. The summed E-state index contributed by atoms with van der Waals surface area (Å²) in [6.45, 7) is 3.43. The van der Waals surface area contributed by atoms with E-state index in [1.807, 2.05) is 48.5 Å². The lowest BCUT2D eigenvalue weighted by atomic mass is 10.1. The van der Waals surface area contributed by atoms with Crippen LogP contribution >= 0.6 is 0 Å². The van der Waals surface area contributed by atoms with Crippen LogP contribution in [0.15, 0.2) is 54.7 Å². The number of esters is 1. The first-order valence-electron chi connectivity index (χ1n) is 9.45. The Labute approximate surface area is 165 Å². The summed E-state index contributed by atoms with van der Waals surface area (Å²) in [6, 6.07) is 14.8. The van der Waals surface area contributed by atoms with Gasteiger partial charge >= 0.3 is 5.97 Å². The topological polar surface area (TPSA) is 74.8 Å². The molecule has 0 unspecified atom stereocenters. The quantitative estimate of drug-likeness (QED) is 0.723. The van der Waals surface area contributed by atoms with Crippen LogP contribution in [0.25, 0.3) is 0 Å².